The Morgan fingerprint density at radius 3 is 2.39 bits per heavy atom. The second-order valence-corrected chi connectivity index (χ2v) is 4.08. The monoisotopic (exact) mass is 256 g/mol. The van der Waals surface area contributed by atoms with E-state index in [1.165, 1.54) is 6.07 Å². The highest BCUT2D eigenvalue weighted by Crippen LogP contribution is 2.13. The van der Waals surface area contributed by atoms with Crippen LogP contribution in [-0.2, 0) is 9.59 Å². The van der Waals surface area contributed by atoms with Gasteiger partial charge in [0.2, 0.25) is 11.8 Å². The summed E-state index contributed by atoms with van der Waals surface area (Å²) >= 11 is 0. The van der Waals surface area contributed by atoms with Crippen LogP contribution in [0.5, 0.6) is 0 Å². The lowest BCUT2D eigenvalue weighted by Gasteiger charge is -2.08. The highest BCUT2D eigenvalue weighted by molar-refractivity contribution is 6.03. The topological polar surface area (TPSA) is 58.2 Å². The third kappa shape index (κ3) is 4.48. The van der Waals surface area contributed by atoms with Crippen LogP contribution in [0.1, 0.15) is 20.3 Å². The van der Waals surface area contributed by atoms with E-state index in [1.54, 1.807) is 13.8 Å². The third-order valence-corrected chi connectivity index (χ3v) is 1.97. The zero-order valence-electron chi connectivity index (χ0n) is 10.1. The molecule has 18 heavy (non-hydrogen) atoms. The third-order valence-electron chi connectivity index (χ3n) is 1.97. The van der Waals surface area contributed by atoms with Gasteiger partial charge in [0.05, 0.1) is 0 Å². The summed E-state index contributed by atoms with van der Waals surface area (Å²) in [4.78, 5) is 22.7. The molecule has 0 fully saturated rings. The fourth-order valence-electron chi connectivity index (χ4n) is 1.30. The van der Waals surface area contributed by atoms with Crippen molar-refractivity contribution in [2.45, 2.75) is 26.3 Å². The Kier molecular flexibility index (Phi) is 4.76. The molecule has 0 saturated heterocycles. The fraction of sp³-hybridized carbons (Fsp3) is 0.333. The van der Waals surface area contributed by atoms with E-state index < -0.39 is 23.4 Å². The second kappa shape index (κ2) is 6.09. The van der Waals surface area contributed by atoms with Gasteiger partial charge in [-0.15, -0.1) is 0 Å². The Morgan fingerprint density at radius 1 is 1.17 bits per heavy atom. The molecule has 0 spiro atoms. The lowest BCUT2D eigenvalue weighted by atomic mass is 10.2. The first kappa shape index (κ1) is 14.1. The van der Waals surface area contributed by atoms with Crippen LogP contribution in [0.4, 0.5) is 14.5 Å². The van der Waals surface area contributed by atoms with E-state index in [0.29, 0.717) is 0 Å². The fourth-order valence-corrected chi connectivity index (χ4v) is 1.30. The van der Waals surface area contributed by atoms with Crippen LogP contribution in [0.15, 0.2) is 18.2 Å². The van der Waals surface area contributed by atoms with Crippen molar-refractivity contribution < 1.29 is 18.4 Å². The van der Waals surface area contributed by atoms with Crippen LogP contribution >= 0.6 is 0 Å². The lowest BCUT2D eigenvalue weighted by Crippen LogP contribution is -2.33. The summed E-state index contributed by atoms with van der Waals surface area (Å²) in [5.41, 5.74) is 0.108. The minimum atomic E-state index is -1.06. The van der Waals surface area contributed by atoms with Gasteiger partial charge in [-0.05, 0) is 26.0 Å². The van der Waals surface area contributed by atoms with Gasteiger partial charge in [0.25, 0.3) is 0 Å². The summed E-state index contributed by atoms with van der Waals surface area (Å²) < 4.78 is 25.5. The van der Waals surface area contributed by atoms with Crippen LogP contribution in [0.25, 0.3) is 0 Å². The van der Waals surface area contributed by atoms with Crippen LogP contribution in [0, 0.1) is 11.6 Å². The van der Waals surface area contributed by atoms with E-state index >= 15 is 0 Å². The van der Waals surface area contributed by atoms with Crippen molar-refractivity contribution >= 4 is 17.5 Å². The van der Waals surface area contributed by atoms with Gasteiger partial charge in [-0.1, -0.05) is 0 Å². The predicted molar refractivity (Wildman–Crippen MR) is 62.9 cm³/mol. The summed E-state index contributed by atoms with van der Waals surface area (Å²) in [5, 5.41) is 4.85. The molecule has 4 nitrogen and oxygen atoms in total. The normalized spacial score (nSPS) is 10.3. The van der Waals surface area contributed by atoms with Crippen LogP contribution in [0.2, 0.25) is 0 Å². The number of halogens is 2. The summed E-state index contributed by atoms with van der Waals surface area (Å²) in [7, 11) is 0. The van der Waals surface area contributed by atoms with Gasteiger partial charge >= 0.3 is 0 Å². The first-order valence-electron chi connectivity index (χ1n) is 5.42. The molecule has 0 heterocycles. The maximum atomic E-state index is 12.9. The number of rotatable bonds is 4. The Bertz CT molecular complexity index is 461. The number of benzene rings is 1. The molecule has 0 radical (unpaired) electrons. The quantitative estimate of drug-likeness (QED) is 0.807. The minimum Gasteiger partial charge on any atom is -0.353 e. The van der Waals surface area contributed by atoms with E-state index in [9.17, 15) is 18.4 Å². The Balaban J connectivity index is 2.54. The smallest absolute Gasteiger partial charge is 0.233 e. The molecule has 1 aromatic carbocycles. The summed E-state index contributed by atoms with van der Waals surface area (Å²) in [6, 6.07) is 2.91. The van der Waals surface area contributed by atoms with Gasteiger partial charge in [-0.3, -0.25) is 9.59 Å². The van der Waals surface area contributed by atoms with Crippen molar-refractivity contribution in [2.75, 3.05) is 5.32 Å². The molecule has 0 aliphatic carbocycles. The maximum absolute atomic E-state index is 12.9. The molecule has 0 aliphatic heterocycles. The van der Waals surface area contributed by atoms with E-state index in [-0.39, 0.29) is 18.2 Å². The maximum Gasteiger partial charge on any atom is 0.233 e. The first-order valence-corrected chi connectivity index (χ1v) is 5.42. The van der Waals surface area contributed by atoms with Gasteiger partial charge in [0.15, 0.2) is 11.6 Å². The van der Waals surface area contributed by atoms with Crippen molar-refractivity contribution in [3.05, 3.63) is 29.8 Å². The highest BCUT2D eigenvalue weighted by Gasteiger charge is 2.11. The van der Waals surface area contributed by atoms with E-state index in [0.717, 1.165) is 12.1 Å². The van der Waals surface area contributed by atoms with Crippen LogP contribution in [0.3, 0.4) is 0 Å². The number of hydrogen-bond donors (Lipinski definition) is 2. The molecular weight excluding hydrogens is 242 g/mol. The molecule has 6 heteroatoms. The summed E-state index contributed by atoms with van der Waals surface area (Å²) in [6.07, 6.45) is -0.364. The molecule has 1 aromatic rings. The number of hydrogen-bond acceptors (Lipinski definition) is 2. The van der Waals surface area contributed by atoms with Gasteiger partial charge in [-0.2, -0.15) is 0 Å². The van der Waals surface area contributed by atoms with E-state index in [2.05, 4.69) is 10.6 Å². The number of amides is 2. The SMILES string of the molecule is CC(C)NC(=O)CC(=O)Nc1ccc(F)c(F)c1. The zero-order valence-corrected chi connectivity index (χ0v) is 10.1. The van der Waals surface area contributed by atoms with E-state index in [1.807, 2.05) is 0 Å². The van der Waals surface area contributed by atoms with Gasteiger partial charge in [0.1, 0.15) is 6.42 Å². The van der Waals surface area contributed by atoms with Crippen LogP contribution in [-0.4, -0.2) is 17.9 Å². The van der Waals surface area contributed by atoms with Gasteiger partial charge < -0.3 is 10.6 Å². The number of nitrogens with one attached hydrogen (secondary N) is 2. The lowest BCUT2D eigenvalue weighted by molar-refractivity contribution is -0.127. The Morgan fingerprint density at radius 2 is 1.83 bits per heavy atom. The van der Waals surface area contributed by atoms with Crippen molar-refractivity contribution in [3.8, 4) is 0 Å². The molecule has 0 aliphatic rings. The molecule has 1 rings (SSSR count). The van der Waals surface area contributed by atoms with Crippen molar-refractivity contribution in [3.63, 3.8) is 0 Å². The predicted octanol–water partition coefficient (Wildman–Crippen LogP) is 1.82. The molecule has 0 bridgehead atoms. The second-order valence-electron chi connectivity index (χ2n) is 4.08. The minimum absolute atomic E-state index is 0.0615. The largest absolute Gasteiger partial charge is 0.353 e. The molecule has 98 valence electrons. The average Bonchev–Trinajstić information content (AvgIpc) is 2.21. The summed E-state index contributed by atoms with van der Waals surface area (Å²) in [5.74, 6) is -3.06. The standard InChI is InChI=1S/C12H14F2N2O2/c1-7(2)15-11(17)6-12(18)16-8-3-4-9(13)10(14)5-8/h3-5,7H,6H2,1-2H3,(H,15,17)(H,16,18). The molecular formula is C12H14F2N2O2. The highest BCUT2D eigenvalue weighted by atomic mass is 19.2. The molecule has 0 atom stereocenters. The molecule has 0 unspecified atom stereocenters. The van der Waals surface area contributed by atoms with Crippen molar-refractivity contribution in [2.24, 2.45) is 0 Å². The zero-order chi connectivity index (χ0) is 13.7. The number of carbonyl (C=O) groups excluding carboxylic acids is 2. The first-order chi connectivity index (χ1) is 8.38. The molecule has 2 N–H and O–H groups in total. The number of carbonyl (C=O) groups is 2. The molecule has 2 amide bonds. The molecule has 0 saturated carbocycles. The Hall–Kier alpha value is -1.98. The van der Waals surface area contributed by atoms with Crippen LogP contribution < -0.4 is 10.6 Å². The van der Waals surface area contributed by atoms with Crippen molar-refractivity contribution in [1.29, 1.82) is 0 Å². The van der Waals surface area contributed by atoms with E-state index in [4.69, 9.17) is 0 Å². The van der Waals surface area contributed by atoms with Gasteiger partial charge in [0, 0.05) is 17.8 Å². The van der Waals surface area contributed by atoms with Gasteiger partial charge in [-0.25, -0.2) is 8.78 Å². The Labute approximate surface area is 103 Å². The van der Waals surface area contributed by atoms with Crippen molar-refractivity contribution in [1.82, 2.24) is 5.32 Å². The molecule has 0 aromatic heterocycles. The number of anilines is 1. The summed E-state index contributed by atoms with van der Waals surface area (Å²) in [6.45, 7) is 3.54. The average molecular weight is 256 g/mol.